The van der Waals surface area contributed by atoms with Crippen molar-refractivity contribution in [3.8, 4) is 0 Å². The summed E-state index contributed by atoms with van der Waals surface area (Å²) < 4.78 is 4.65. The second kappa shape index (κ2) is 9.74. The first-order chi connectivity index (χ1) is 8.63. The van der Waals surface area contributed by atoms with E-state index in [0.29, 0.717) is 10.7 Å². The van der Waals surface area contributed by atoms with E-state index >= 15 is 0 Å². The topological polar surface area (TPSA) is 50.7 Å². The number of carbonyl (C=O) groups excluding carboxylic acids is 1. The molecule has 1 rings (SSSR count). The van der Waals surface area contributed by atoms with Crippen LogP contribution in [0.15, 0.2) is 29.4 Å². The van der Waals surface area contributed by atoms with Gasteiger partial charge in [0, 0.05) is 5.02 Å². The Bertz CT molecular complexity index is 409. The molecule has 0 saturated heterocycles. The van der Waals surface area contributed by atoms with Gasteiger partial charge in [0.2, 0.25) is 5.17 Å². The van der Waals surface area contributed by atoms with Crippen LogP contribution in [0.5, 0.6) is 0 Å². The van der Waals surface area contributed by atoms with Crippen molar-refractivity contribution >= 4 is 40.0 Å². The summed E-state index contributed by atoms with van der Waals surface area (Å²) in [7, 11) is 0. The van der Waals surface area contributed by atoms with Crippen molar-refractivity contribution in [3.05, 3.63) is 29.3 Å². The van der Waals surface area contributed by atoms with Gasteiger partial charge in [-0.2, -0.15) is 5.10 Å². The molecule has 0 spiro atoms. The minimum absolute atomic E-state index is 0.252. The van der Waals surface area contributed by atoms with E-state index in [0.717, 1.165) is 0 Å². The molecule has 0 aliphatic heterocycles. The van der Waals surface area contributed by atoms with Gasteiger partial charge < -0.3 is 4.74 Å². The number of anilines is 1. The third kappa shape index (κ3) is 6.47. The summed E-state index contributed by atoms with van der Waals surface area (Å²) >= 11 is 11.3. The molecule has 1 aromatic rings. The molecule has 1 N–H and O–H groups in total. The highest BCUT2D eigenvalue weighted by molar-refractivity contribution is 6.82. The lowest BCUT2D eigenvalue weighted by molar-refractivity contribution is -0.134. The first-order valence-corrected chi connectivity index (χ1v) is 6.31. The van der Waals surface area contributed by atoms with Crippen molar-refractivity contribution in [3.63, 3.8) is 0 Å². The summed E-state index contributed by atoms with van der Waals surface area (Å²) in [5.74, 6) is -0.668. The molecule has 0 amide bonds. The average molecular weight is 291 g/mol. The molecule has 100 valence electrons. The molecule has 0 aliphatic rings. The molecule has 0 aliphatic carbocycles. The van der Waals surface area contributed by atoms with Gasteiger partial charge in [0.1, 0.15) is 0 Å². The zero-order valence-corrected chi connectivity index (χ0v) is 12.0. The van der Waals surface area contributed by atoms with Crippen LogP contribution in [0.1, 0.15) is 20.8 Å². The monoisotopic (exact) mass is 290 g/mol. The Morgan fingerprint density at radius 2 is 2.11 bits per heavy atom. The predicted molar refractivity (Wildman–Crippen MR) is 76.3 cm³/mol. The fourth-order valence-electron chi connectivity index (χ4n) is 0.908. The van der Waals surface area contributed by atoms with Crippen molar-refractivity contribution in [2.75, 3.05) is 12.0 Å². The molecule has 0 bridgehead atoms. The van der Waals surface area contributed by atoms with Crippen LogP contribution in [-0.4, -0.2) is 17.7 Å². The van der Waals surface area contributed by atoms with Crippen LogP contribution < -0.4 is 5.43 Å². The standard InChI is InChI=1S/C10H10Cl2N2O2.C2H6/c1-2-16-10(15)9(12)14-13-8-5-3-4-7(11)6-8;1-2/h3-6,13H,2H2,1H3;1-2H3/b14-9-;. The number of benzene rings is 1. The highest BCUT2D eigenvalue weighted by Gasteiger charge is 2.08. The van der Waals surface area contributed by atoms with Gasteiger partial charge in [0.25, 0.3) is 0 Å². The van der Waals surface area contributed by atoms with E-state index in [2.05, 4.69) is 15.3 Å². The molecule has 0 unspecified atom stereocenters. The van der Waals surface area contributed by atoms with Crippen molar-refractivity contribution in [2.45, 2.75) is 20.8 Å². The normalized spacial score (nSPS) is 10.2. The average Bonchev–Trinajstić information content (AvgIpc) is 2.38. The fraction of sp³-hybridized carbons (Fsp3) is 0.333. The summed E-state index contributed by atoms with van der Waals surface area (Å²) in [4.78, 5) is 11.1. The van der Waals surface area contributed by atoms with Crippen LogP contribution in [0.4, 0.5) is 5.69 Å². The van der Waals surface area contributed by atoms with Crippen LogP contribution in [-0.2, 0) is 9.53 Å². The lowest BCUT2D eigenvalue weighted by Gasteiger charge is -2.02. The molecule has 0 atom stereocenters. The second-order valence-electron chi connectivity index (χ2n) is 2.75. The van der Waals surface area contributed by atoms with E-state index in [1.807, 2.05) is 13.8 Å². The minimum Gasteiger partial charge on any atom is -0.461 e. The van der Waals surface area contributed by atoms with Crippen molar-refractivity contribution in [2.24, 2.45) is 5.10 Å². The molecule has 4 nitrogen and oxygen atoms in total. The molecule has 6 heteroatoms. The van der Waals surface area contributed by atoms with E-state index in [-0.39, 0.29) is 11.8 Å². The first-order valence-electron chi connectivity index (χ1n) is 5.55. The van der Waals surface area contributed by atoms with Crippen LogP contribution in [0.3, 0.4) is 0 Å². The molecule has 0 fully saturated rings. The lowest BCUT2D eigenvalue weighted by atomic mass is 10.3. The molecule has 18 heavy (non-hydrogen) atoms. The number of hydrazone groups is 1. The Hall–Kier alpha value is -1.26. The van der Waals surface area contributed by atoms with E-state index < -0.39 is 5.97 Å². The third-order valence-electron chi connectivity index (χ3n) is 1.55. The number of halogens is 2. The van der Waals surface area contributed by atoms with Gasteiger partial charge in [-0.15, -0.1) is 0 Å². The number of ether oxygens (including phenoxy) is 1. The largest absolute Gasteiger partial charge is 0.461 e. The maximum Gasteiger partial charge on any atom is 0.370 e. The second-order valence-corrected chi connectivity index (χ2v) is 3.54. The quantitative estimate of drug-likeness (QED) is 0.520. The van der Waals surface area contributed by atoms with Gasteiger partial charge in [0.05, 0.1) is 12.3 Å². The van der Waals surface area contributed by atoms with Crippen LogP contribution in [0.25, 0.3) is 0 Å². The number of esters is 1. The Labute approximate surface area is 117 Å². The lowest BCUT2D eigenvalue weighted by Crippen LogP contribution is -2.13. The number of rotatable bonds is 4. The van der Waals surface area contributed by atoms with Gasteiger partial charge in [-0.05, 0) is 25.1 Å². The van der Waals surface area contributed by atoms with E-state index in [4.69, 9.17) is 23.2 Å². The van der Waals surface area contributed by atoms with E-state index in [1.165, 1.54) is 0 Å². The number of hydrogen-bond donors (Lipinski definition) is 1. The first kappa shape index (κ1) is 16.7. The zero-order valence-electron chi connectivity index (χ0n) is 10.5. The van der Waals surface area contributed by atoms with Gasteiger partial charge in [-0.1, -0.05) is 43.1 Å². The van der Waals surface area contributed by atoms with Crippen LogP contribution in [0, 0.1) is 0 Å². The van der Waals surface area contributed by atoms with Crippen LogP contribution >= 0.6 is 23.2 Å². The highest BCUT2D eigenvalue weighted by atomic mass is 35.5. The number of nitrogens with one attached hydrogen (secondary N) is 1. The molecule has 0 heterocycles. The number of nitrogens with zero attached hydrogens (tertiary/aromatic N) is 1. The van der Waals surface area contributed by atoms with Crippen LogP contribution in [0.2, 0.25) is 5.02 Å². The predicted octanol–water partition coefficient (Wildman–Crippen LogP) is 3.89. The maximum atomic E-state index is 11.1. The molecule has 0 saturated carbocycles. The Morgan fingerprint density at radius 1 is 1.44 bits per heavy atom. The summed E-state index contributed by atoms with van der Waals surface area (Å²) in [5, 5.41) is 3.95. The Kier molecular flexibility index (Phi) is 9.06. The third-order valence-corrected chi connectivity index (χ3v) is 2.03. The summed E-state index contributed by atoms with van der Waals surface area (Å²) in [5.41, 5.74) is 3.23. The van der Waals surface area contributed by atoms with Gasteiger partial charge in [-0.3, -0.25) is 5.43 Å². The Balaban J connectivity index is 0.00000137. The molecule has 0 aromatic heterocycles. The highest BCUT2D eigenvalue weighted by Crippen LogP contribution is 2.14. The van der Waals surface area contributed by atoms with E-state index in [9.17, 15) is 4.79 Å². The smallest absolute Gasteiger partial charge is 0.370 e. The summed E-state index contributed by atoms with van der Waals surface area (Å²) in [6.07, 6.45) is 0. The minimum atomic E-state index is -0.668. The molecular formula is C12H16Cl2N2O2. The molecule has 1 aromatic carbocycles. The van der Waals surface area contributed by atoms with Crippen molar-refractivity contribution in [1.82, 2.24) is 0 Å². The van der Waals surface area contributed by atoms with Crippen molar-refractivity contribution in [1.29, 1.82) is 0 Å². The Morgan fingerprint density at radius 3 is 2.67 bits per heavy atom. The van der Waals surface area contributed by atoms with Gasteiger partial charge in [-0.25, -0.2) is 4.79 Å². The number of hydrogen-bond acceptors (Lipinski definition) is 4. The van der Waals surface area contributed by atoms with Gasteiger partial charge in [0.15, 0.2) is 0 Å². The zero-order chi connectivity index (χ0) is 14.0. The molecule has 0 radical (unpaired) electrons. The maximum absolute atomic E-state index is 11.1. The number of carbonyl (C=O) groups is 1. The fourth-order valence-corrected chi connectivity index (χ4v) is 1.20. The SMILES string of the molecule is CC.CCOC(=O)/C(Cl)=N/Nc1cccc(Cl)c1. The summed E-state index contributed by atoms with van der Waals surface area (Å²) in [6, 6.07) is 6.87. The van der Waals surface area contributed by atoms with E-state index in [1.54, 1.807) is 31.2 Å². The van der Waals surface area contributed by atoms with Gasteiger partial charge >= 0.3 is 5.97 Å². The van der Waals surface area contributed by atoms with Crippen molar-refractivity contribution < 1.29 is 9.53 Å². The molecular weight excluding hydrogens is 275 g/mol. The summed E-state index contributed by atoms with van der Waals surface area (Å²) in [6.45, 7) is 5.94.